The second kappa shape index (κ2) is 7.41. The summed E-state index contributed by atoms with van der Waals surface area (Å²) in [5.74, 6) is -2.19. The summed E-state index contributed by atoms with van der Waals surface area (Å²) in [5, 5.41) is 13.7. The number of nitrogens with one attached hydrogen (secondary N) is 1. The first-order valence-electron chi connectivity index (χ1n) is 7.16. The summed E-state index contributed by atoms with van der Waals surface area (Å²) < 4.78 is 0. The molecular formula is C18H18NO3-. The third kappa shape index (κ3) is 4.74. The van der Waals surface area contributed by atoms with Crippen molar-refractivity contribution in [2.45, 2.75) is 19.8 Å². The van der Waals surface area contributed by atoms with Crippen LogP contribution >= 0.6 is 0 Å². The van der Waals surface area contributed by atoms with E-state index in [-0.39, 0.29) is 12.3 Å². The summed E-state index contributed by atoms with van der Waals surface area (Å²) in [6.45, 7) is 1.98. The van der Waals surface area contributed by atoms with Crippen LogP contribution in [0.15, 0.2) is 54.6 Å². The Morgan fingerprint density at radius 3 is 2.27 bits per heavy atom. The van der Waals surface area contributed by atoms with E-state index in [9.17, 15) is 14.7 Å². The van der Waals surface area contributed by atoms with Crippen LogP contribution in [0.3, 0.4) is 0 Å². The normalized spacial score (nSPS) is 11.7. The molecule has 2 rings (SSSR count). The predicted molar refractivity (Wildman–Crippen MR) is 83.1 cm³/mol. The van der Waals surface area contributed by atoms with Crippen molar-refractivity contribution in [1.29, 1.82) is 0 Å². The Labute approximate surface area is 129 Å². The fourth-order valence-corrected chi connectivity index (χ4v) is 2.23. The largest absolute Gasteiger partial charge is 0.550 e. The molecule has 22 heavy (non-hydrogen) atoms. The van der Waals surface area contributed by atoms with E-state index < -0.39 is 11.9 Å². The van der Waals surface area contributed by atoms with Crippen LogP contribution in [0.25, 0.3) is 0 Å². The minimum Gasteiger partial charge on any atom is -0.550 e. The molecule has 1 amide bonds. The molecule has 4 heteroatoms. The monoisotopic (exact) mass is 296 g/mol. The van der Waals surface area contributed by atoms with Crippen LogP contribution in [0, 0.1) is 12.8 Å². The van der Waals surface area contributed by atoms with Gasteiger partial charge in [0, 0.05) is 17.6 Å². The molecule has 114 valence electrons. The van der Waals surface area contributed by atoms with Gasteiger partial charge in [-0.3, -0.25) is 4.79 Å². The van der Waals surface area contributed by atoms with Crippen molar-refractivity contribution in [3.05, 3.63) is 65.7 Å². The maximum absolute atomic E-state index is 12.3. The number of anilines is 1. The molecule has 0 unspecified atom stereocenters. The van der Waals surface area contributed by atoms with Crippen LogP contribution in [0.2, 0.25) is 0 Å². The van der Waals surface area contributed by atoms with E-state index in [1.54, 1.807) is 12.1 Å². The van der Waals surface area contributed by atoms with Gasteiger partial charge in [0.05, 0.1) is 0 Å². The third-order valence-corrected chi connectivity index (χ3v) is 3.43. The highest BCUT2D eigenvalue weighted by Crippen LogP contribution is 2.16. The van der Waals surface area contributed by atoms with Gasteiger partial charge in [-0.2, -0.15) is 0 Å². The Bertz CT molecular complexity index is 635. The number of amides is 1. The molecule has 0 heterocycles. The molecule has 2 aromatic rings. The van der Waals surface area contributed by atoms with Gasteiger partial charge in [-0.05, 0) is 37.5 Å². The van der Waals surface area contributed by atoms with Gasteiger partial charge in [-0.15, -0.1) is 0 Å². The van der Waals surface area contributed by atoms with Gasteiger partial charge in [-0.25, -0.2) is 0 Å². The van der Waals surface area contributed by atoms with Crippen molar-refractivity contribution in [2.24, 2.45) is 5.92 Å². The van der Waals surface area contributed by atoms with E-state index in [1.165, 1.54) is 0 Å². The van der Waals surface area contributed by atoms with Crippen LogP contribution in [-0.4, -0.2) is 11.9 Å². The van der Waals surface area contributed by atoms with Crippen LogP contribution in [0.5, 0.6) is 0 Å². The zero-order valence-electron chi connectivity index (χ0n) is 12.4. The van der Waals surface area contributed by atoms with E-state index in [2.05, 4.69) is 5.32 Å². The first-order chi connectivity index (χ1) is 10.5. The molecule has 0 radical (unpaired) electrons. The van der Waals surface area contributed by atoms with Gasteiger partial charge in [0.2, 0.25) is 5.91 Å². The van der Waals surface area contributed by atoms with Crippen molar-refractivity contribution in [1.82, 2.24) is 0 Å². The number of rotatable bonds is 6. The molecule has 0 spiro atoms. The Morgan fingerprint density at radius 1 is 1.05 bits per heavy atom. The van der Waals surface area contributed by atoms with Crippen LogP contribution in [-0.2, 0) is 16.0 Å². The number of hydrogen-bond acceptors (Lipinski definition) is 3. The van der Waals surface area contributed by atoms with Crippen molar-refractivity contribution < 1.29 is 14.7 Å². The lowest BCUT2D eigenvalue weighted by Gasteiger charge is -2.17. The summed E-state index contributed by atoms with van der Waals surface area (Å²) >= 11 is 0. The summed E-state index contributed by atoms with van der Waals surface area (Å²) in [7, 11) is 0. The maximum Gasteiger partial charge on any atom is 0.228 e. The summed E-state index contributed by atoms with van der Waals surface area (Å²) in [5.41, 5.74) is 2.70. The molecule has 0 saturated carbocycles. The molecule has 2 aromatic carbocycles. The molecule has 1 N–H and O–H groups in total. The number of aryl methyl sites for hydroxylation is 1. The van der Waals surface area contributed by atoms with Crippen molar-refractivity contribution in [2.75, 3.05) is 5.32 Å². The van der Waals surface area contributed by atoms with E-state index in [1.807, 2.05) is 49.4 Å². The number of carbonyl (C=O) groups excluding carboxylic acids is 2. The van der Waals surface area contributed by atoms with E-state index in [0.29, 0.717) is 12.1 Å². The number of carbonyl (C=O) groups is 2. The Morgan fingerprint density at radius 2 is 1.68 bits per heavy atom. The van der Waals surface area contributed by atoms with Gasteiger partial charge < -0.3 is 15.2 Å². The summed E-state index contributed by atoms with van der Waals surface area (Å²) in [6, 6.07) is 16.7. The Kier molecular flexibility index (Phi) is 5.31. The molecular weight excluding hydrogens is 278 g/mol. The zero-order chi connectivity index (χ0) is 15.9. The number of hydrogen-bond donors (Lipinski definition) is 1. The maximum atomic E-state index is 12.3. The van der Waals surface area contributed by atoms with Crippen molar-refractivity contribution in [3.63, 3.8) is 0 Å². The van der Waals surface area contributed by atoms with Gasteiger partial charge in [0.1, 0.15) is 0 Å². The lowest BCUT2D eigenvalue weighted by atomic mass is 9.94. The molecule has 0 aliphatic heterocycles. The average molecular weight is 296 g/mol. The number of para-hydroxylation sites is 1. The van der Waals surface area contributed by atoms with Crippen LogP contribution in [0.4, 0.5) is 5.69 Å². The average Bonchev–Trinajstić information content (AvgIpc) is 2.49. The van der Waals surface area contributed by atoms with E-state index in [0.717, 1.165) is 11.1 Å². The quantitative estimate of drug-likeness (QED) is 0.885. The van der Waals surface area contributed by atoms with E-state index >= 15 is 0 Å². The molecule has 0 aliphatic carbocycles. The SMILES string of the molecule is Cc1ccc(C[C@@H](CC(=O)[O-])C(=O)Nc2ccccc2)cc1. The summed E-state index contributed by atoms with van der Waals surface area (Å²) in [6.07, 6.45) is 0.0689. The van der Waals surface area contributed by atoms with Crippen LogP contribution in [0.1, 0.15) is 17.5 Å². The molecule has 0 fully saturated rings. The Balaban J connectivity index is 2.09. The van der Waals surface area contributed by atoms with E-state index in [4.69, 9.17) is 0 Å². The predicted octanol–water partition coefficient (Wildman–Crippen LogP) is 1.93. The standard InChI is InChI=1S/C18H19NO3/c1-13-7-9-14(10-8-13)11-15(12-17(20)21)18(22)19-16-5-3-2-4-6-16/h2-10,15H,11-12H2,1H3,(H,19,22)(H,20,21)/p-1/t15-/m0/s1. The fraction of sp³-hybridized carbons (Fsp3) is 0.222. The minimum atomic E-state index is -1.22. The lowest BCUT2D eigenvalue weighted by molar-refractivity contribution is -0.306. The molecule has 4 nitrogen and oxygen atoms in total. The minimum absolute atomic E-state index is 0.299. The van der Waals surface area contributed by atoms with Gasteiger partial charge in [0.15, 0.2) is 0 Å². The topological polar surface area (TPSA) is 69.2 Å². The molecule has 1 atom stereocenters. The number of carboxylic acid groups (broad SMARTS) is 1. The highest BCUT2D eigenvalue weighted by Gasteiger charge is 2.19. The highest BCUT2D eigenvalue weighted by molar-refractivity contribution is 5.94. The Hall–Kier alpha value is -2.62. The second-order valence-corrected chi connectivity index (χ2v) is 5.32. The second-order valence-electron chi connectivity index (χ2n) is 5.32. The highest BCUT2D eigenvalue weighted by atomic mass is 16.4. The number of aliphatic carboxylic acids is 1. The molecule has 0 saturated heterocycles. The van der Waals surface area contributed by atoms with Gasteiger partial charge in [-0.1, -0.05) is 48.0 Å². The first kappa shape index (κ1) is 15.8. The zero-order valence-corrected chi connectivity index (χ0v) is 12.4. The van der Waals surface area contributed by atoms with Gasteiger partial charge >= 0.3 is 0 Å². The smallest absolute Gasteiger partial charge is 0.228 e. The van der Waals surface area contributed by atoms with Crippen LogP contribution < -0.4 is 10.4 Å². The third-order valence-electron chi connectivity index (χ3n) is 3.43. The van der Waals surface area contributed by atoms with Crippen molar-refractivity contribution in [3.8, 4) is 0 Å². The molecule has 0 bridgehead atoms. The lowest BCUT2D eigenvalue weighted by Crippen LogP contribution is -2.32. The van der Waals surface area contributed by atoms with Crippen molar-refractivity contribution >= 4 is 17.6 Å². The first-order valence-corrected chi connectivity index (χ1v) is 7.16. The fourth-order valence-electron chi connectivity index (χ4n) is 2.23. The summed E-state index contributed by atoms with van der Waals surface area (Å²) in [4.78, 5) is 23.2. The molecule has 0 aliphatic rings. The van der Waals surface area contributed by atoms with Gasteiger partial charge in [0.25, 0.3) is 0 Å². The number of carboxylic acids is 1. The number of benzene rings is 2. The molecule has 0 aromatic heterocycles.